The number of carbonyl (C=O) groups excluding carboxylic acids is 1. The zero-order valence-corrected chi connectivity index (χ0v) is 11.9. The van der Waals surface area contributed by atoms with Crippen molar-refractivity contribution in [3.05, 3.63) is 59.1 Å². The number of benzene rings is 2. The molecule has 1 amide bonds. The van der Waals surface area contributed by atoms with Crippen LogP contribution >= 0.6 is 11.6 Å². The highest BCUT2D eigenvalue weighted by Gasteiger charge is 2.18. The Morgan fingerprint density at radius 1 is 1.24 bits per heavy atom. The van der Waals surface area contributed by atoms with Crippen LogP contribution in [-0.2, 0) is 0 Å². The lowest BCUT2D eigenvalue weighted by molar-refractivity contribution is 0.0987. The third-order valence-corrected chi connectivity index (χ3v) is 3.26. The number of carbonyl (C=O) groups is 1. The second-order valence-electron chi connectivity index (χ2n) is 4.37. The van der Waals surface area contributed by atoms with Crippen LogP contribution in [0.15, 0.2) is 48.5 Å². The first kappa shape index (κ1) is 14.9. The van der Waals surface area contributed by atoms with Gasteiger partial charge in [0, 0.05) is 17.8 Å². The summed E-state index contributed by atoms with van der Waals surface area (Å²) in [5.74, 6) is -0.338. The summed E-state index contributed by atoms with van der Waals surface area (Å²) in [6.45, 7) is 0.290. The summed E-state index contributed by atoms with van der Waals surface area (Å²) < 4.78 is 0. The molecule has 0 unspecified atom stereocenters. The smallest absolute Gasteiger partial charge is 0.258 e. The van der Waals surface area contributed by atoms with Gasteiger partial charge in [0.1, 0.15) is 5.75 Å². The Labute approximate surface area is 127 Å². The molecule has 1 N–H and O–H groups in total. The minimum Gasteiger partial charge on any atom is -0.506 e. The van der Waals surface area contributed by atoms with E-state index in [4.69, 9.17) is 16.9 Å². The second kappa shape index (κ2) is 6.78. The van der Waals surface area contributed by atoms with Crippen molar-refractivity contribution in [1.82, 2.24) is 0 Å². The van der Waals surface area contributed by atoms with E-state index in [0.29, 0.717) is 11.3 Å². The van der Waals surface area contributed by atoms with Crippen LogP contribution in [0.4, 0.5) is 5.69 Å². The summed E-state index contributed by atoms with van der Waals surface area (Å²) in [4.78, 5) is 14.1. The fourth-order valence-electron chi connectivity index (χ4n) is 1.91. The molecular formula is C16H13ClN2O2. The second-order valence-corrected chi connectivity index (χ2v) is 4.77. The predicted molar refractivity (Wildman–Crippen MR) is 81.5 cm³/mol. The molecule has 0 atom stereocenters. The molecule has 2 rings (SSSR count). The van der Waals surface area contributed by atoms with Gasteiger partial charge in [0.2, 0.25) is 0 Å². The fourth-order valence-corrected chi connectivity index (χ4v) is 2.09. The normalized spacial score (nSPS) is 9.90. The van der Waals surface area contributed by atoms with Crippen molar-refractivity contribution in [3.8, 4) is 11.8 Å². The summed E-state index contributed by atoms with van der Waals surface area (Å²) >= 11 is 5.84. The molecule has 2 aromatic carbocycles. The minimum atomic E-state index is -0.265. The molecule has 0 saturated carbocycles. The van der Waals surface area contributed by atoms with E-state index in [-0.39, 0.29) is 29.6 Å². The van der Waals surface area contributed by atoms with E-state index in [1.165, 1.54) is 23.1 Å². The van der Waals surface area contributed by atoms with Crippen LogP contribution < -0.4 is 4.90 Å². The van der Waals surface area contributed by atoms with Gasteiger partial charge in [-0.1, -0.05) is 29.8 Å². The Morgan fingerprint density at radius 3 is 2.57 bits per heavy atom. The molecule has 4 nitrogen and oxygen atoms in total. The number of para-hydroxylation sites is 1. The Hall–Kier alpha value is -2.51. The largest absolute Gasteiger partial charge is 0.506 e. The molecule has 0 spiro atoms. The van der Waals surface area contributed by atoms with Crippen molar-refractivity contribution in [1.29, 1.82) is 5.26 Å². The molecule has 5 heteroatoms. The van der Waals surface area contributed by atoms with E-state index in [0.717, 1.165) is 0 Å². The number of anilines is 1. The third kappa shape index (κ3) is 3.53. The van der Waals surface area contributed by atoms with Crippen LogP contribution in [0.1, 0.15) is 16.8 Å². The van der Waals surface area contributed by atoms with Gasteiger partial charge in [0.25, 0.3) is 5.91 Å². The lowest BCUT2D eigenvalue weighted by atomic mass is 10.1. The number of halogens is 1. The molecule has 0 heterocycles. The molecule has 21 heavy (non-hydrogen) atoms. The predicted octanol–water partition coefficient (Wildman–Crippen LogP) is 3.61. The number of nitrogens with zero attached hydrogens (tertiary/aromatic N) is 2. The molecule has 0 radical (unpaired) electrons. The van der Waals surface area contributed by atoms with Crippen LogP contribution in [0.5, 0.6) is 5.75 Å². The van der Waals surface area contributed by atoms with Crippen molar-refractivity contribution in [3.63, 3.8) is 0 Å². The van der Waals surface area contributed by atoms with Crippen LogP contribution in [0, 0.1) is 11.3 Å². The van der Waals surface area contributed by atoms with Crippen LogP contribution in [0.2, 0.25) is 5.02 Å². The molecule has 2 aromatic rings. The van der Waals surface area contributed by atoms with E-state index in [9.17, 15) is 9.90 Å². The number of hydrogen-bond donors (Lipinski definition) is 1. The lowest BCUT2D eigenvalue weighted by Gasteiger charge is -2.22. The van der Waals surface area contributed by atoms with Crippen molar-refractivity contribution in [2.24, 2.45) is 0 Å². The summed E-state index contributed by atoms with van der Waals surface area (Å²) in [6, 6.07) is 15.4. The van der Waals surface area contributed by atoms with Crippen molar-refractivity contribution in [2.75, 3.05) is 11.4 Å². The Morgan fingerprint density at radius 2 is 1.95 bits per heavy atom. The Bertz CT molecular complexity index is 680. The van der Waals surface area contributed by atoms with Crippen LogP contribution in [-0.4, -0.2) is 17.6 Å². The van der Waals surface area contributed by atoms with Crippen molar-refractivity contribution < 1.29 is 9.90 Å². The minimum absolute atomic E-state index is 0.0727. The number of nitriles is 1. The molecule has 0 aliphatic rings. The Balaban J connectivity index is 2.34. The summed E-state index contributed by atoms with van der Waals surface area (Å²) in [7, 11) is 0. The van der Waals surface area contributed by atoms with E-state index >= 15 is 0 Å². The van der Waals surface area contributed by atoms with Gasteiger partial charge in [-0.25, -0.2) is 0 Å². The lowest BCUT2D eigenvalue weighted by Crippen LogP contribution is -2.31. The maximum Gasteiger partial charge on any atom is 0.258 e. The molecule has 0 aliphatic heterocycles. The molecule has 0 aliphatic carbocycles. The van der Waals surface area contributed by atoms with Crippen LogP contribution in [0.3, 0.4) is 0 Å². The first-order valence-corrected chi connectivity index (χ1v) is 6.73. The van der Waals surface area contributed by atoms with Gasteiger partial charge in [-0.15, -0.1) is 0 Å². The maximum absolute atomic E-state index is 12.6. The monoisotopic (exact) mass is 300 g/mol. The highest BCUT2D eigenvalue weighted by atomic mass is 35.5. The molecule has 0 aromatic heterocycles. The van der Waals surface area contributed by atoms with E-state index in [2.05, 4.69) is 0 Å². The number of phenols is 1. The van der Waals surface area contributed by atoms with Gasteiger partial charge in [-0.05, 0) is 30.3 Å². The molecule has 0 saturated heterocycles. The van der Waals surface area contributed by atoms with Gasteiger partial charge in [-0.2, -0.15) is 5.26 Å². The molecule has 0 bridgehead atoms. The molecule has 106 valence electrons. The van der Waals surface area contributed by atoms with Gasteiger partial charge >= 0.3 is 0 Å². The SMILES string of the molecule is N#CCCN(C(=O)c1ccc(O)c(Cl)c1)c1ccccc1. The highest BCUT2D eigenvalue weighted by molar-refractivity contribution is 6.32. The third-order valence-electron chi connectivity index (χ3n) is 2.95. The number of amides is 1. The molecule has 0 fully saturated rings. The van der Waals surface area contributed by atoms with Gasteiger partial charge in [0.05, 0.1) is 17.5 Å². The van der Waals surface area contributed by atoms with Gasteiger partial charge < -0.3 is 10.0 Å². The summed E-state index contributed by atoms with van der Waals surface area (Å²) in [6.07, 6.45) is 0.229. The number of rotatable bonds is 4. The first-order valence-electron chi connectivity index (χ1n) is 6.36. The molecular weight excluding hydrogens is 288 g/mol. The van der Waals surface area contributed by atoms with Crippen molar-refractivity contribution in [2.45, 2.75) is 6.42 Å². The van der Waals surface area contributed by atoms with Crippen LogP contribution in [0.25, 0.3) is 0 Å². The average molecular weight is 301 g/mol. The quantitative estimate of drug-likeness (QED) is 0.938. The average Bonchev–Trinajstić information content (AvgIpc) is 2.51. The number of hydrogen-bond acceptors (Lipinski definition) is 3. The van der Waals surface area contributed by atoms with Crippen molar-refractivity contribution >= 4 is 23.2 Å². The summed E-state index contributed by atoms with van der Waals surface area (Å²) in [5.41, 5.74) is 1.07. The fraction of sp³-hybridized carbons (Fsp3) is 0.125. The highest BCUT2D eigenvalue weighted by Crippen LogP contribution is 2.25. The maximum atomic E-state index is 12.6. The summed E-state index contributed by atoms with van der Waals surface area (Å²) in [5, 5.41) is 18.3. The standard InChI is InChI=1S/C16H13ClN2O2/c17-14-11-12(7-8-15(14)20)16(21)19(10-4-9-18)13-5-2-1-3-6-13/h1-3,5-8,11,20H,4,10H2. The Kier molecular flexibility index (Phi) is 4.81. The van der Waals surface area contributed by atoms with E-state index < -0.39 is 0 Å². The number of phenolic OH excluding ortho intramolecular Hbond substituents is 1. The topological polar surface area (TPSA) is 64.3 Å². The van der Waals surface area contributed by atoms with E-state index in [1.54, 1.807) is 12.1 Å². The van der Waals surface area contributed by atoms with Gasteiger partial charge in [0.15, 0.2) is 0 Å². The first-order chi connectivity index (χ1) is 10.1. The van der Waals surface area contributed by atoms with Gasteiger partial charge in [-0.3, -0.25) is 4.79 Å². The zero-order chi connectivity index (χ0) is 15.2. The van der Waals surface area contributed by atoms with E-state index in [1.807, 2.05) is 24.3 Å². The number of aromatic hydroxyl groups is 1. The zero-order valence-electron chi connectivity index (χ0n) is 11.2.